The average molecular weight is 378 g/mol. The van der Waals surface area contributed by atoms with Gasteiger partial charge in [-0.25, -0.2) is 9.97 Å². The van der Waals surface area contributed by atoms with Crippen LogP contribution in [-0.2, 0) is 4.74 Å². The molecule has 0 bridgehead atoms. The molecule has 8 nitrogen and oxygen atoms in total. The summed E-state index contributed by atoms with van der Waals surface area (Å²) >= 11 is 0. The van der Waals surface area contributed by atoms with Gasteiger partial charge in [0.25, 0.3) is 0 Å². The Hall–Kier alpha value is -3.39. The Balaban J connectivity index is 1.68. The van der Waals surface area contributed by atoms with Crippen LogP contribution in [0, 0.1) is 0 Å². The van der Waals surface area contributed by atoms with Crippen molar-refractivity contribution in [2.75, 3.05) is 49.4 Å². The number of benzene rings is 1. The molecule has 3 aromatic rings. The molecule has 144 valence electrons. The van der Waals surface area contributed by atoms with Crippen molar-refractivity contribution in [2.24, 2.45) is 0 Å². The number of rotatable bonds is 5. The number of nitrogens with one attached hydrogen (secondary N) is 1. The van der Waals surface area contributed by atoms with Crippen LogP contribution in [0.3, 0.4) is 0 Å². The predicted octanol–water partition coefficient (Wildman–Crippen LogP) is 2.71. The van der Waals surface area contributed by atoms with Crippen molar-refractivity contribution in [3.8, 4) is 17.0 Å². The van der Waals surface area contributed by atoms with Crippen molar-refractivity contribution in [1.82, 2.24) is 15.0 Å². The largest absolute Gasteiger partial charge is 0.497 e. The molecule has 3 N–H and O–H groups in total. The normalized spacial score (nSPS) is 14.0. The van der Waals surface area contributed by atoms with Crippen molar-refractivity contribution < 1.29 is 9.47 Å². The third-order valence-corrected chi connectivity index (χ3v) is 4.45. The summed E-state index contributed by atoms with van der Waals surface area (Å²) in [6, 6.07) is 13.3. The number of methoxy groups -OCH3 is 1. The number of aromatic nitrogens is 3. The van der Waals surface area contributed by atoms with Crippen LogP contribution in [0.15, 0.2) is 48.7 Å². The summed E-state index contributed by atoms with van der Waals surface area (Å²) in [6.07, 6.45) is 1.72. The van der Waals surface area contributed by atoms with Crippen LogP contribution in [0.2, 0.25) is 0 Å². The zero-order valence-corrected chi connectivity index (χ0v) is 15.6. The van der Waals surface area contributed by atoms with E-state index in [1.54, 1.807) is 19.4 Å². The molecule has 1 aromatic carbocycles. The molecule has 0 saturated carbocycles. The molecule has 0 radical (unpaired) electrons. The van der Waals surface area contributed by atoms with E-state index in [1.165, 1.54) is 0 Å². The number of hydrogen-bond donors (Lipinski definition) is 2. The van der Waals surface area contributed by atoms with Gasteiger partial charge in [-0.2, -0.15) is 4.98 Å². The summed E-state index contributed by atoms with van der Waals surface area (Å²) in [7, 11) is 1.65. The maximum atomic E-state index is 5.72. The van der Waals surface area contributed by atoms with Crippen LogP contribution < -0.4 is 20.7 Å². The van der Waals surface area contributed by atoms with E-state index in [0.717, 1.165) is 35.8 Å². The van der Waals surface area contributed by atoms with E-state index in [1.807, 2.05) is 36.4 Å². The second-order valence-corrected chi connectivity index (χ2v) is 6.36. The van der Waals surface area contributed by atoms with E-state index < -0.39 is 0 Å². The van der Waals surface area contributed by atoms with Crippen LogP contribution >= 0.6 is 0 Å². The monoisotopic (exact) mass is 378 g/mol. The lowest BCUT2D eigenvalue weighted by atomic mass is 10.2. The maximum absolute atomic E-state index is 5.72. The highest BCUT2D eigenvalue weighted by Crippen LogP contribution is 2.26. The predicted molar refractivity (Wildman–Crippen MR) is 109 cm³/mol. The Kier molecular flexibility index (Phi) is 5.20. The lowest BCUT2D eigenvalue weighted by Crippen LogP contribution is -2.37. The highest BCUT2D eigenvalue weighted by molar-refractivity contribution is 5.68. The topological polar surface area (TPSA) is 98.4 Å². The van der Waals surface area contributed by atoms with Gasteiger partial charge in [0.1, 0.15) is 17.4 Å². The van der Waals surface area contributed by atoms with Gasteiger partial charge >= 0.3 is 0 Å². The Labute approximate surface area is 163 Å². The second-order valence-electron chi connectivity index (χ2n) is 6.36. The van der Waals surface area contributed by atoms with Crippen molar-refractivity contribution in [3.05, 3.63) is 48.7 Å². The Morgan fingerprint density at radius 3 is 2.54 bits per heavy atom. The van der Waals surface area contributed by atoms with E-state index in [9.17, 15) is 0 Å². The van der Waals surface area contributed by atoms with Crippen LogP contribution in [0.1, 0.15) is 0 Å². The van der Waals surface area contributed by atoms with Gasteiger partial charge in [0.2, 0.25) is 5.95 Å². The van der Waals surface area contributed by atoms with Gasteiger partial charge in [-0.1, -0.05) is 0 Å². The quantitative estimate of drug-likeness (QED) is 0.699. The molecule has 0 atom stereocenters. The fourth-order valence-electron chi connectivity index (χ4n) is 2.93. The molecule has 8 heteroatoms. The first-order chi connectivity index (χ1) is 13.7. The summed E-state index contributed by atoms with van der Waals surface area (Å²) in [4.78, 5) is 15.8. The molecular formula is C20H22N6O2. The Morgan fingerprint density at radius 2 is 1.86 bits per heavy atom. The van der Waals surface area contributed by atoms with E-state index >= 15 is 0 Å². The molecule has 0 unspecified atom stereocenters. The lowest BCUT2D eigenvalue weighted by Gasteiger charge is -2.27. The third kappa shape index (κ3) is 4.12. The summed E-state index contributed by atoms with van der Waals surface area (Å²) in [5, 5.41) is 3.35. The minimum atomic E-state index is 0.475. The summed E-state index contributed by atoms with van der Waals surface area (Å²) in [6.45, 7) is 2.84. The summed E-state index contributed by atoms with van der Waals surface area (Å²) in [5.41, 5.74) is 8.29. The zero-order chi connectivity index (χ0) is 19.3. The molecule has 0 amide bonds. The van der Waals surface area contributed by atoms with Crippen molar-refractivity contribution >= 4 is 23.3 Å². The molecule has 4 rings (SSSR count). The maximum Gasteiger partial charge on any atom is 0.228 e. The zero-order valence-electron chi connectivity index (χ0n) is 15.6. The fourth-order valence-corrected chi connectivity index (χ4v) is 2.93. The van der Waals surface area contributed by atoms with Gasteiger partial charge in [0.05, 0.1) is 26.0 Å². The summed E-state index contributed by atoms with van der Waals surface area (Å²) < 4.78 is 10.7. The number of nitrogens with two attached hydrogens (primary N) is 1. The van der Waals surface area contributed by atoms with E-state index in [0.29, 0.717) is 30.8 Å². The highest BCUT2D eigenvalue weighted by Gasteiger charge is 2.16. The Bertz CT molecular complexity index is 924. The number of hydrogen-bond acceptors (Lipinski definition) is 8. The number of morpholine rings is 1. The minimum absolute atomic E-state index is 0.475. The first kappa shape index (κ1) is 18.0. The highest BCUT2D eigenvalue weighted by atomic mass is 16.5. The molecule has 1 saturated heterocycles. The van der Waals surface area contributed by atoms with E-state index in [4.69, 9.17) is 25.2 Å². The van der Waals surface area contributed by atoms with Gasteiger partial charge in [0.15, 0.2) is 0 Å². The molecule has 2 aromatic heterocycles. The van der Waals surface area contributed by atoms with Gasteiger partial charge < -0.3 is 25.4 Å². The van der Waals surface area contributed by atoms with Crippen LogP contribution in [0.5, 0.6) is 5.75 Å². The van der Waals surface area contributed by atoms with Crippen molar-refractivity contribution in [3.63, 3.8) is 0 Å². The number of anilines is 4. The van der Waals surface area contributed by atoms with Gasteiger partial charge in [-0.15, -0.1) is 0 Å². The molecule has 0 aliphatic carbocycles. The van der Waals surface area contributed by atoms with Crippen molar-refractivity contribution in [1.29, 1.82) is 0 Å². The lowest BCUT2D eigenvalue weighted by molar-refractivity contribution is 0.122. The molecule has 3 heterocycles. The minimum Gasteiger partial charge on any atom is -0.497 e. The third-order valence-electron chi connectivity index (χ3n) is 4.45. The standard InChI is InChI=1S/C20H22N6O2/c1-27-16-5-3-15(4-6-16)23-19-12-17(14-2-7-18(21)22-13-14)24-20(25-19)26-8-10-28-11-9-26/h2-7,12-13H,8-11H2,1H3,(H2,21,22)(H,23,24,25). The first-order valence-electron chi connectivity index (χ1n) is 9.06. The molecular weight excluding hydrogens is 356 g/mol. The van der Waals surface area contributed by atoms with E-state index in [2.05, 4.69) is 15.2 Å². The molecule has 1 aliphatic heterocycles. The SMILES string of the molecule is COc1ccc(Nc2cc(-c3ccc(N)nc3)nc(N3CCOCC3)n2)cc1. The van der Waals surface area contributed by atoms with Gasteiger partial charge in [-0.05, 0) is 36.4 Å². The Morgan fingerprint density at radius 1 is 1.07 bits per heavy atom. The summed E-state index contributed by atoms with van der Waals surface area (Å²) in [5.74, 6) is 2.64. The molecule has 0 spiro atoms. The second kappa shape index (κ2) is 8.10. The number of pyridine rings is 1. The van der Waals surface area contributed by atoms with Gasteiger partial charge in [-0.3, -0.25) is 0 Å². The molecule has 1 fully saturated rings. The number of nitrogens with zero attached hydrogens (tertiary/aromatic N) is 4. The van der Waals surface area contributed by atoms with Crippen LogP contribution in [-0.4, -0.2) is 48.4 Å². The smallest absolute Gasteiger partial charge is 0.228 e. The molecule has 28 heavy (non-hydrogen) atoms. The number of nitrogen functional groups attached to an aromatic ring is 1. The van der Waals surface area contributed by atoms with Crippen LogP contribution in [0.4, 0.5) is 23.3 Å². The average Bonchev–Trinajstić information content (AvgIpc) is 2.75. The first-order valence-corrected chi connectivity index (χ1v) is 9.06. The number of ether oxygens (including phenoxy) is 2. The van der Waals surface area contributed by atoms with Gasteiger partial charge in [0, 0.05) is 36.6 Å². The van der Waals surface area contributed by atoms with Crippen molar-refractivity contribution in [2.45, 2.75) is 0 Å². The van der Waals surface area contributed by atoms with Crippen LogP contribution in [0.25, 0.3) is 11.3 Å². The molecule has 1 aliphatic rings. The van der Waals surface area contributed by atoms with E-state index in [-0.39, 0.29) is 0 Å². The fraction of sp³-hybridized carbons (Fsp3) is 0.250.